The number of carboxylic acid groups (broad SMARTS) is 1. The number of hydrogen-bond donors (Lipinski definition) is 1. The maximum atomic E-state index is 11.0. The van der Waals surface area contributed by atoms with Gasteiger partial charge in [-0.2, -0.15) is 5.26 Å². The van der Waals surface area contributed by atoms with E-state index in [0.29, 0.717) is 12.0 Å². The number of aromatic nitrogens is 2. The van der Waals surface area contributed by atoms with E-state index in [1.54, 1.807) is 30.3 Å². The molecule has 0 bridgehead atoms. The van der Waals surface area contributed by atoms with E-state index in [-0.39, 0.29) is 5.56 Å². The topological polar surface area (TPSA) is 86.9 Å². The summed E-state index contributed by atoms with van der Waals surface area (Å²) in [7, 11) is 0. The predicted molar refractivity (Wildman–Crippen MR) is 86.3 cm³/mol. The molecule has 0 aliphatic heterocycles. The Bertz CT molecular complexity index is 895. The van der Waals surface area contributed by atoms with Crippen LogP contribution >= 0.6 is 11.3 Å². The fourth-order valence-electron chi connectivity index (χ4n) is 2.12. The molecule has 3 aromatic rings. The fraction of sp³-hybridized carbons (Fsp3) is 0.0588. The van der Waals surface area contributed by atoms with E-state index in [9.17, 15) is 4.79 Å². The summed E-state index contributed by atoms with van der Waals surface area (Å²) in [6.45, 7) is 0. The van der Waals surface area contributed by atoms with Crippen LogP contribution in [0.15, 0.2) is 48.5 Å². The highest BCUT2D eigenvalue weighted by molar-refractivity contribution is 7.14. The number of carbonyl (C=O) groups is 1. The van der Waals surface area contributed by atoms with Crippen molar-refractivity contribution in [2.75, 3.05) is 0 Å². The minimum atomic E-state index is -0.942. The zero-order chi connectivity index (χ0) is 16.2. The van der Waals surface area contributed by atoms with Gasteiger partial charge in [0.05, 0.1) is 17.2 Å². The fourth-order valence-corrected chi connectivity index (χ4v) is 3.00. The van der Waals surface area contributed by atoms with Crippen LogP contribution < -0.4 is 0 Å². The lowest BCUT2D eigenvalue weighted by molar-refractivity contribution is 0.0697. The number of carboxylic acids is 1. The molecule has 0 fully saturated rings. The third-order valence-electron chi connectivity index (χ3n) is 3.26. The van der Waals surface area contributed by atoms with E-state index in [4.69, 9.17) is 10.4 Å². The number of benzene rings is 2. The van der Waals surface area contributed by atoms with E-state index in [0.717, 1.165) is 21.1 Å². The predicted octanol–water partition coefficient (Wildman–Crippen LogP) is 3.37. The zero-order valence-corrected chi connectivity index (χ0v) is 12.7. The average molecular weight is 321 g/mol. The van der Waals surface area contributed by atoms with Crippen LogP contribution in [-0.2, 0) is 6.42 Å². The Morgan fingerprint density at radius 1 is 1.17 bits per heavy atom. The van der Waals surface area contributed by atoms with Crippen LogP contribution in [0.5, 0.6) is 0 Å². The van der Waals surface area contributed by atoms with Crippen molar-refractivity contribution in [2.24, 2.45) is 0 Å². The van der Waals surface area contributed by atoms with Gasteiger partial charge in [-0.05, 0) is 29.8 Å². The molecule has 0 aliphatic carbocycles. The number of hydrogen-bond acceptors (Lipinski definition) is 5. The van der Waals surface area contributed by atoms with Crippen LogP contribution in [-0.4, -0.2) is 21.3 Å². The molecule has 0 unspecified atom stereocenters. The molecule has 23 heavy (non-hydrogen) atoms. The summed E-state index contributed by atoms with van der Waals surface area (Å²) >= 11 is 1.46. The first kappa shape index (κ1) is 14.9. The summed E-state index contributed by atoms with van der Waals surface area (Å²) < 4.78 is 0. The van der Waals surface area contributed by atoms with Crippen LogP contribution in [0.25, 0.3) is 10.6 Å². The third kappa shape index (κ3) is 3.42. The molecule has 0 saturated heterocycles. The number of nitrogens with zero attached hydrogens (tertiary/aromatic N) is 3. The molecular weight excluding hydrogens is 310 g/mol. The van der Waals surface area contributed by atoms with Crippen LogP contribution in [0.1, 0.15) is 26.5 Å². The summed E-state index contributed by atoms with van der Waals surface area (Å²) in [6, 6.07) is 16.0. The summed E-state index contributed by atoms with van der Waals surface area (Å²) in [4.78, 5) is 11.0. The summed E-state index contributed by atoms with van der Waals surface area (Å²) in [5.74, 6) is -0.942. The lowest BCUT2D eigenvalue weighted by Gasteiger charge is -1.99. The monoisotopic (exact) mass is 321 g/mol. The van der Waals surface area contributed by atoms with Crippen molar-refractivity contribution in [3.8, 4) is 16.6 Å². The maximum Gasteiger partial charge on any atom is 0.335 e. The molecule has 0 atom stereocenters. The first-order valence-corrected chi connectivity index (χ1v) is 7.62. The molecule has 0 aliphatic rings. The molecule has 2 aromatic carbocycles. The third-order valence-corrected chi connectivity index (χ3v) is 4.23. The molecule has 1 aromatic heterocycles. The quantitative estimate of drug-likeness (QED) is 0.796. The second-order valence-corrected chi connectivity index (χ2v) is 5.93. The van der Waals surface area contributed by atoms with Crippen molar-refractivity contribution < 1.29 is 9.90 Å². The van der Waals surface area contributed by atoms with Gasteiger partial charge in [0, 0.05) is 12.0 Å². The van der Waals surface area contributed by atoms with Gasteiger partial charge in [0.15, 0.2) is 0 Å². The minimum Gasteiger partial charge on any atom is -0.478 e. The molecule has 0 spiro atoms. The molecule has 1 heterocycles. The Labute approximate surface area is 136 Å². The molecule has 112 valence electrons. The lowest BCUT2D eigenvalue weighted by atomic mass is 10.1. The van der Waals surface area contributed by atoms with E-state index >= 15 is 0 Å². The van der Waals surface area contributed by atoms with Gasteiger partial charge in [0.2, 0.25) is 0 Å². The molecule has 0 saturated carbocycles. The van der Waals surface area contributed by atoms with Gasteiger partial charge in [-0.3, -0.25) is 0 Å². The van der Waals surface area contributed by atoms with Gasteiger partial charge in [-0.25, -0.2) is 4.79 Å². The van der Waals surface area contributed by atoms with E-state index in [1.807, 2.05) is 18.2 Å². The highest BCUT2D eigenvalue weighted by atomic mass is 32.1. The Balaban J connectivity index is 1.80. The SMILES string of the molecule is N#Cc1ccc(-c2nnc(Cc3cccc(C(=O)O)c3)s2)cc1. The van der Waals surface area contributed by atoms with Gasteiger partial charge in [0.25, 0.3) is 0 Å². The van der Waals surface area contributed by atoms with Crippen molar-refractivity contribution >= 4 is 17.3 Å². The Hall–Kier alpha value is -3.04. The maximum absolute atomic E-state index is 11.0. The lowest BCUT2D eigenvalue weighted by Crippen LogP contribution is -1.97. The van der Waals surface area contributed by atoms with Crippen molar-refractivity contribution in [3.63, 3.8) is 0 Å². The van der Waals surface area contributed by atoms with Crippen LogP contribution in [0.2, 0.25) is 0 Å². The molecular formula is C17H11N3O2S. The summed E-state index contributed by atoms with van der Waals surface area (Å²) in [6.07, 6.45) is 0.537. The smallest absolute Gasteiger partial charge is 0.335 e. The first-order chi connectivity index (χ1) is 11.2. The van der Waals surface area contributed by atoms with Gasteiger partial charge in [-0.15, -0.1) is 10.2 Å². The molecule has 5 nitrogen and oxygen atoms in total. The van der Waals surface area contributed by atoms with Crippen molar-refractivity contribution in [1.29, 1.82) is 5.26 Å². The van der Waals surface area contributed by atoms with E-state index in [1.165, 1.54) is 11.3 Å². The second-order valence-electron chi connectivity index (χ2n) is 4.87. The van der Waals surface area contributed by atoms with Gasteiger partial charge in [0.1, 0.15) is 10.0 Å². The summed E-state index contributed by atoms with van der Waals surface area (Å²) in [5.41, 5.74) is 2.66. The van der Waals surface area contributed by atoms with Crippen LogP contribution in [0.4, 0.5) is 0 Å². The average Bonchev–Trinajstić information content (AvgIpc) is 3.03. The standard InChI is InChI=1S/C17H11N3O2S/c18-10-11-4-6-13(7-5-11)16-20-19-15(23-16)9-12-2-1-3-14(8-12)17(21)22/h1-8H,9H2,(H,21,22). The van der Waals surface area contributed by atoms with E-state index < -0.39 is 5.97 Å². The minimum absolute atomic E-state index is 0.263. The molecule has 6 heteroatoms. The molecule has 0 amide bonds. The normalized spacial score (nSPS) is 10.2. The Morgan fingerprint density at radius 3 is 2.65 bits per heavy atom. The van der Waals surface area contributed by atoms with Crippen LogP contribution in [0, 0.1) is 11.3 Å². The van der Waals surface area contributed by atoms with Crippen LogP contribution in [0.3, 0.4) is 0 Å². The number of rotatable bonds is 4. The van der Waals surface area contributed by atoms with Gasteiger partial charge >= 0.3 is 5.97 Å². The first-order valence-electron chi connectivity index (χ1n) is 6.81. The van der Waals surface area contributed by atoms with Gasteiger partial charge < -0.3 is 5.11 Å². The molecule has 3 rings (SSSR count). The number of nitriles is 1. The summed E-state index contributed by atoms with van der Waals surface area (Å²) in [5, 5.41) is 27.7. The molecule has 0 radical (unpaired) electrons. The van der Waals surface area contributed by atoms with Crippen molar-refractivity contribution in [3.05, 3.63) is 70.2 Å². The number of aromatic carboxylic acids is 1. The van der Waals surface area contributed by atoms with Gasteiger partial charge in [-0.1, -0.05) is 35.6 Å². The highest BCUT2D eigenvalue weighted by Gasteiger charge is 2.09. The Kier molecular flexibility index (Phi) is 4.13. The zero-order valence-electron chi connectivity index (χ0n) is 11.9. The largest absolute Gasteiger partial charge is 0.478 e. The van der Waals surface area contributed by atoms with Crippen molar-refractivity contribution in [2.45, 2.75) is 6.42 Å². The Morgan fingerprint density at radius 2 is 1.96 bits per heavy atom. The second kappa shape index (κ2) is 6.38. The van der Waals surface area contributed by atoms with E-state index in [2.05, 4.69) is 16.3 Å². The van der Waals surface area contributed by atoms with Crippen molar-refractivity contribution in [1.82, 2.24) is 10.2 Å². The molecule has 1 N–H and O–H groups in total. The highest BCUT2D eigenvalue weighted by Crippen LogP contribution is 2.25.